The molecule has 8 heavy (non-hydrogen) atoms. The van der Waals surface area contributed by atoms with Gasteiger partial charge in [0.2, 0.25) is 0 Å². The average molecular weight is 121 g/mol. The van der Waals surface area contributed by atoms with E-state index in [0.29, 0.717) is 12.8 Å². The fourth-order valence-electron chi connectivity index (χ4n) is 0.431. The molecule has 3 heteroatoms. The number of hydrogen-bond acceptors (Lipinski definition) is 2. The van der Waals surface area contributed by atoms with E-state index in [-0.39, 0.29) is 13.2 Å². The van der Waals surface area contributed by atoms with Crippen molar-refractivity contribution < 1.29 is 9.50 Å². The predicted octanol–water partition coefficient (Wildman–Crippen LogP) is 0.0557. The summed E-state index contributed by atoms with van der Waals surface area (Å²) in [6.45, 7) is -0.128. The number of nitrogens with two attached hydrogens (primary N) is 1. The number of aliphatic hydroxyl groups excluding tert-OH is 1. The third-order valence-corrected chi connectivity index (χ3v) is 0.943. The fourth-order valence-corrected chi connectivity index (χ4v) is 0.431. The number of rotatable bonds is 4. The van der Waals surface area contributed by atoms with Gasteiger partial charge in [-0.3, -0.25) is 4.39 Å². The summed E-state index contributed by atoms with van der Waals surface area (Å²) in [5.41, 5.74) is 5.04. The Bertz CT molecular complexity index is 51.7. The van der Waals surface area contributed by atoms with Crippen LogP contribution in [0.15, 0.2) is 0 Å². The van der Waals surface area contributed by atoms with Crippen LogP contribution in [0.25, 0.3) is 0 Å². The maximum absolute atomic E-state index is 11.3. The maximum Gasteiger partial charge on any atom is 0.0895 e. The third kappa shape index (κ3) is 4.02. The Balaban J connectivity index is 2.86. The molecular weight excluding hydrogens is 109 g/mol. The minimum Gasteiger partial charge on any atom is -0.392 e. The minimum absolute atomic E-state index is 0.236. The monoisotopic (exact) mass is 121 g/mol. The Hall–Kier alpha value is -0.150. The van der Waals surface area contributed by atoms with Gasteiger partial charge in [0.15, 0.2) is 0 Å². The minimum atomic E-state index is -0.509. The lowest BCUT2D eigenvalue weighted by Gasteiger charge is -2.02. The van der Waals surface area contributed by atoms with Crippen LogP contribution in [-0.4, -0.2) is 24.4 Å². The zero-order valence-corrected chi connectivity index (χ0v) is 4.81. The molecular formula is C5H12FNO. The first-order valence-electron chi connectivity index (χ1n) is 2.75. The molecule has 2 nitrogen and oxygen atoms in total. The van der Waals surface area contributed by atoms with E-state index >= 15 is 0 Å². The number of hydrogen-bond donors (Lipinski definition) is 2. The molecule has 0 aromatic rings. The molecule has 1 unspecified atom stereocenters. The van der Waals surface area contributed by atoms with E-state index in [1.165, 1.54) is 0 Å². The standard InChI is InChI=1S/C5H12FNO/c6-3-1-2-5(8)4-7/h5,8H,1-4,7H2. The molecule has 1 atom stereocenters. The Kier molecular flexibility index (Phi) is 4.90. The molecule has 0 aromatic carbocycles. The fraction of sp³-hybridized carbons (Fsp3) is 1.00. The van der Waals surface area contributed by atoms with Crippen LogP contribution in [0.2, 0.25) is 0 Å². The number of aliphatic hydroxyl groups is 1. The van der Waals surface area contributed by atoms with Gasteiger partial charge in [0, 0.05) is 6.54 Å². The highest BCUT2D eigenvalue weighted by Crippen LogP contribution is 1.94. The van der Waals surface area contributed by atoms with E-state index in [1.807, 2.05) is 0 Å². The second-order valence-electron chi connectivity index (χ2n) is 1.72. The quantitative estimate of drug-likeness (QED) is 0.552. The topological polar surface area (TPSA) is 46.2 Å². The van der Waals surface area contributed by atoms with E-state index in [9.17, 15) is 4.39 Å². The van der Waals surface area contributed by atoms with Crippen molar-refractivity contribution in [1.29, 1.82) is 0 Å². The Morgan fingerprint density at radius 2 is 2.25 bits per heavy atom. The highest BCUT2D eigenvalue weighted by atomic mass is 19.1. The lowest BCUT2D eigenvalue weighted by atomic mass is 10.2. The molecule has 0 heterocycles. The van der Waals surface area contributed by atoms with Crippen LogP contribution in [0, 0.1) is 0 Å². The van der Waals surface area contributed by atoms with Crippen molar-refractivity contribution >= 4 is 0 Å². The number of alkyl halides is 1. The van der Waals surface area contributed by atoms with E-state index in [0.717, 1.165) is 0 Å². The van der Waals surface area contributed by atoms with Gasteiger partial charge in [-0.15, -0.1) is 0 Å². The highest BCUT2D eigenvalue weighted by Gasteiger charge is 1.97. The van der Waals surface area contributed by atoms with Crippen molar-refractivity contribution in [3.8, 4) is 0 Å². The Morgan fingerprint density at radius 1 is 1.62 bits per heavy atom. The lowest BCUT2D eigenvalue weighted by Crippen LogP contribution is -2.19. The predicted molar refractivity (Wildman–Crippen MR) is 30.3 cm³/mol. The summed E-state index contributed by atoms with van der Waals surface area (Å²) in [6, 6.07) is 0. The van der Waals surface area contributed by atoms with Crippen LogP contribution in [0.4, 0.5) is 4.39 Å². The molecule has 0 amide bonds. The van der Waals surface area contributed by atoms with Gasteiger partial charge in [-0.2, -0.15) is 0 Å². The summed E-state index contributed by atoms with van der Waals surface area (Å²) in [4.78, 5) is 0. The molecule has 50 valence electrons. The van der Waals surface area contributed by atoms with Crippen LogP contribution in [0.5, 0.6) is 0 Å². The van der Waals surface area contributed by atoms with Crippen molar-refractivity contribution in [2.24, 2.45) is 5.73 Å². The first kappa shape index (κ1) is 7.85. The largest absolute Gasteiger partial charge is 0.392 e. The van der Waals surface area contributed by atoms with Gasteiger partial charge >= 0.3 is 0 Å². The van der Waals surface area contributed by atoms with Crippen LogP contribution < -0.4 is 5.73 Å². The van der Waals surface area contributed by atoms with Crippen molar-refractivity contribution in [3.05, 3.63) is 0 Å². The Labute approximate surface area is 48.5 Å². The van der Waals surface area contributed by atoms with Gasteiger partial charge in [-0.25, -0.2) is 0 Å². The molecule has 0 aliphatic carbocycles. The van der Waals surface area contributed by atoms with E-state index in [2.05, 4.69) is 0 Å². The van der Waals surface area contributed by atoms with Crippen molar-refractivity contribution in [2.75, 3.05) is 13.2 Å². The van der Waals surface area contributed by atoms with E-state index < -0.39 is 6.10 Å². The Morgan fingerprint density at radius 3 is 2.62 bits per heavy atom. The summed E-state index contributed by atoms with van der Waals surface area (Å²) in [5, 5.41) is 8.70. The van der Waals surface area contributed by atoms with E-state index in [4.69, 9.17) is 10.8 Å². The second kappa shape index (κ2) is 5.00. The number of halogens is 1. The lowest BCUT2D eigenvalue weighted by molar-refractivity contribution is 0.166. The third-order valence-electron chi connectivity index (χ3n) is 0.943. The zero-order chi connectivity index (χ0) is 6.41. The summed E-state index contributed by atoms with van der Waals surface area (Å²) in [5.74, 6) is 0. The van der Waals surface area contributed by atoms with Crippen LogP contribution in [-0.2, 0) is 0 Å². The molecule has 0 fully saturated rings. The van der Waals surface area contributed by atoms with Gasteiger partial charge in [-0.05, 0) is 12.8 Å². The summed E-state index contributed by atoms with van der Waals surface area (Å²) < 4.78 is 11.3. The molecule has 0 rings (SSSR count). The molecule has 0 saturated heterocycles. The molecule has 3 N–H and O–H groups in total. The molecule has 0 aliphatic rings. The van der Waals surface area contributed by atoms with Gasteiger partial charge in [-0.1, -0.05) is 0 Å². The van der Waals surface area contributed by atoms with Crippen molar-refractivity contribution in [2.45, 2.75) is 18.9 Å². The van der Waals surface area contributed by atoms with Crippen LogP contribution in [0.3, 0.4) is 0 Å². The van der Waals surface area contributed by atoms with Crippen LogP contribution in [0.1, 0.15) is 12.8 Å². The molecule has 0 saturated carbocycles. The molecule has 0 aliphatic heterocycles. The van der Waals surface area contributed by atoms with Crippen molar-refractivity contribution in [3.63, 3.8) is 0 Å². The molecule has 0 bridgehead atoms. The van der Waals surface area contributed by atoms with Crippen LogP contribution >= 0.6 is 0 Å². The molecule has 0 aromatic heterocycles. The zero-order valence-electron chi connectivity index (χ0n) is 4.81. The average Bonchev–Trinajstić information content (AvgIpc) is 1.83. The normalized spacial score (nSPS) is 13.9. The first-order chi connectivity index (χ1) is 3.81. The highest BCUT2D eigenvalue weighted by molar-refractivity contribution is 4.53. The second-order valence-corrected chi connectivity index (χ2v) is 1.72. The van der Waals surface area contributed by atoms with Gasteiger partial charge in [0.05, 0.1) is 12.8 Å². The summed E-state index contributed by atoms with van der Waals surface area (Å²) in [7, 11) is 0. The maximum atomic E-state index is 11.3. The SMILES string of the molecule is NCC(O)CCCF. The van der Waals surface area contributed by atoms with E-state index in [1.54, 1.807) is 0 Å². The molecule has 0 radical (unpaired) electrons. The first-order valence-corrected chi connectivity index (χ1v) is 2.75. The summed E-state index contributed by atoms with van der Waals surface area (Å²) in [6.07, 6.45) is 0.386. The van der Waals surface area contributed by atoms with Gasteiger partial charge in [0.1, 0.15) is 0 Å². The molecule has 0 spiro atoms. The smallest absolute Gasteiger partial charge is 0.0895 e. The van der Waals surface area contributed by atoms with Gasteiger partial charge < -0.3 is 10.8 Å². The summed E-state index contributed by atoms with van der Waals surface area (Å²) >= 11 is 0. The van der Waals surface area contributed by atoms with Gasteiger partial charge in [0.25, 0.3) is 0 Å². The van der Waals surface area contributed by atoms with Crippen molar-refractivity contribution in [1.82, 2.24) is 0 Å².